The van der Waals surface area contributed by atoms with Crippen LogP contribution < -0.4 is 54.4 Å². The number of rotatable bonds is 30. The molecular formula is C42H73N11O14S. The molecule has 0 aromatic carbocycles. The van der Waals surface area contributed by atoms with Crippen molar-refractivity contribution in [2.24, 2.45) is 29.0 Å². The van der Waals surface area contributed by atoms with Crippen molar-refractivity contribution >= 4 is 65.0 Å². The number of nitrogens with one attached hydrogen (secondary N) is 7. The van der Waals surface area contributed by atoms with Crippen LogP contribution in [0.3, 0.4) is 0 Å². The number of likely N-dealkylation sites (tertiary alicyclic amines) is 1. The Labute approximate surface area is 400 Å². The minimum atomic E-state index is -2.57. The number of thioether (sulfide) groups is 1. The molecule has 68 heavy (non-hydrogen) atoms. The van der Waals surface area contributed by atoms with Gasteiger partial charge in [0.15, 0.2) is 0 Å². The molecule has 0 radical (unpaired) electrons. The summed E-state index contributed by atoms with van der Waals surface area (Å²) in [5, 5.41) is 48.7. The summed E-state index contributed by atoms with van der Waals surface area (Å²) in [7, 11) is 1.01. The molecule has 16 N–H and O–H groups in total. The Balaban J connectivity index is 3.83. The lowest BCUT2D eigenvalue weighted by molar-refractivity contribution is -0.177. The fourth-order valence-corrected chi connectivity index (χ4v) is 7.61. The summed E-state index contributed by atoms with van der Waals surface area (Å²) in [6.07, 6.45) is -4.30. The number of carbonyl (C=O) groups excluding carboxylic acids is 9. The fourth-order valence-electron chi connectivity index (χ4n) is 6.79. The van der Waals surface area contributed by atoms with Crippen molar-refractivity contribution in [2.75, 3.05) is 45.6 Å². The number of methoxy groups -OCH3 is 1. The quantitative estimate of drug-likeness (QED) is 0.0326. The Bertz CT molecular complexity index is 1830. The maximum absolute atomic E-state index is 15.1. The molecule has 1 saturated heterocycles. The molecular weight excluding hydrogens is 915 g/mol. The standard InChI is InChI=1S/C42H73N11O14S/c1-11-21(3)33(51-31(58)15-43)39(64)46-16-32(59)49-27(19-68-24(6)48-22(4)12-2)37(62)50-26(14-30(44)57)35(60)42(66-10,20-47-40(65)67-41(7,8)9)53-17-25(55)13-28(53)38(63)52-34(36(45)61)23(5)29(56)18-54/h21,23,25-29,33-34,48,54-56H,4,6,11-20,43H2,1-3,5,7-10H3,(H2,44,57)(H2,45,61)(H,46,64)(H,47,65)(H,49,59)(H,50,62)(H,51,58)(H,52,63)/t21-,23-,25+,26-,27?,28-,29-,33-,34-,42?/m0/s1. The van der Waals surface area contributed by atoms with Crippen molar-refractivity contribution in [3.8, 4) is 0 Å². The third-order valence-electron chi connectivity index (χ3n) is 10.8. The summed E-state index contributed by atoms with van der Waals surface area (Å²) >= 11 is 0.961. The fraction of sp³-hybridized carbons (Fsp3) is 0.690. The van der Waals surface area contributed by atoms with Gasteiger partial charge in [-0.15, -0.1) is 11.8 Å². The summed E-state index contributed by atoms with van der Waals surface area (Å²) in [5.41, 5.74) is 13.5. The first kappa shape index (κ1) is 60.6. The highest BCUT2D eigenvalue weighted by molar-refractivity contribution is 8.03. The van der Waals surface area contributed by atoms with Crippen LogP contribution in [0.15, 0.2) is 23.9 Å². The van der Waals surface area contributed by atoms with Crippen molar-refractivity contribution in [2.45, 2.75) is 128 Å². The number of amides is 8. The molecule has 2 unspecified atom stereocenters. The van der Waals surface area contributed by atoms with Crippen molar-refractivity contribution in [3.63, 3.8) is 0 Å². The summed E-state index contributed by atoms with van der Waals surface area (Å²) in [6.45, 7) is 15.8. The van der Waals surface area contributed by atoms with Crippen LogP contribution in [0, 0.1) is 11.8 Å². The van der Waals surface area contributed by atoms with Crippen LogP contribution in [0.1, 0.15) is 74.1 Å². The number of alkyl carbamates (subject to hydrolysis) is 1. The molecule has 25 nitrogen and oxygen atoms in total. The van der Waals surface area contributed by atoms with Crippen LogP contribution >= 0.6 is 11.8 Å². The maximum Gasteiger partial charge on any atom is 0.407 e. The highest BCUT2D eigenvalue weighted by Gasteiger charge is 2.56. The van der Waals surface area contributed by atoms with E-state index in [4.69, 9.17) is 26.7 Å². The van der Waals surface area contributed by atoms with Crippen LogP contribution in [-0.2, 0) is 47.8 Å². The van der Waals surface area contributed by atoms with E-state index in [1.54, 1.807) is 34.6 Å². The summed E-state index contributed by atoms with van der Waals surface area (Å²) < 4.78 is 11.2. The minimum Gasteiger partial charge on any atom is -0.444 e. The molecule has 0 aromatic rings. The predicted molar refractivity (Wildman–Crippen MR) is 249 cm³/mol. The molecule has 0 aromatic heterocycles. The van der Waals surface area contributed by atoms with E-state index in [-0.39, 0.29) is 11.7 Å². The second-order valence-electron chi connectivity index (χ2n) is 17.3. The number of primary amides is 2. The summed E-state index contributed by atoms with van der Waals surface area (Å²) in [6, 6.07) is -7.71. The van der Waals surface area contributed by atoms with E-state index >= 15 is 4.79 Å². The van der Waals surface area contributed by atoms with Gasteiger partial charge in [-0.25, -0.2) is 4.79 Å². The lowest BCUT2D eigenvalue weighted by Crippen LogP contribution is -2.70. The van der Waals surface area contributed by atoms with Crippen LogP contribution in [0.4, 0.5) is 4.79 Å². The van der Waals surface area contributed by atoms with E-state index in [0.717, 1.165) is 23.8 Å². The van der Waals surface area contributed by atoms with Crippen molar-refractivity contribution < 1.29 is 67.9 Å². The lowest BCUT2D eigenvalue weighted by atomic mass is 9.93. The molecule has 1 aliphatic rings. The second-order valence-corrected chi connectivity index (χ2v) is 18.4. The Kier molecular flexibility index (Phi) is 25.1. The Morgan fingerprint density at radius 3 is 2.04 bits per heavy atom. The maximum atomic E-state index is 15.1. The molecule has 10 atom stereocenters. The number of β-amino-alcohol motifs (C(OH)–C–C–N with tert-alkyl or cyclic N) is 1. The number of ether oxygens (including phenoxy) is 2. The molecule has 1 heterocycles. The van der Waals surface area contributed by atoms with E-state index in [1.165, 1.54) is 6.92 Å². The van der Waals surface area contributed by atoms with Crippen LogP contribution in [0.2, 0.25) is 0 Å². The Hall–Kier alpha value is -5.38. The molecule has 386 valence electrons. The third kappa shape index (κ3) is 19.0. The van der Waals surface area contributed by atoms with Gasteiger partial charge >= 0.3 is 6.09 Å². The average molecular weight is 988 g/mol. The smallest absolute Gasteiger partial charge is 0.407 e. The lowest BCUT2D eigenvalue weighted by Gasteiger charge is -2.43. The van der Waals surface area contributed by atoms with E-state index in [0.29, 0.717) is 23.6 Å². The summed E-state index contributed by atoms with van der Waals surface area (Å²) in [4.78, 5) is 121. The third-order valence-corrected chi connectivity index (χ3v) is 11.8. The number of hydrogen-bond donors (Lipinski definition) is 13. The number of Topliss-reactive ketones (excluding diaryl/α,β-unsaturated/α-hetero) is 1. The number of carbonyl (C=O) groups is 9. The zero-order valence-electron chi connectivity index (χ0n) is 40.1. The van der Waals surface area contributed by atoms with Crippen LogP contribution in [0.5, 0.6) is 0 Å². The summed E-state index contributed by atoms with van der Waals surface area (Å²) in [5.74, 6) is -9.52. The second kappa shape index (κ2) is 28.2. The number of nitrogens with zero attached hydrogens (tertiary/aromatic N) is 1. The van der Waals surface area contributed by atoms with E-state index in [9.17, 15) is 53.7 Å². The first-order valence-electron chi connectivity index (χ1n) is 21.9. The predicted octanol–water partition coefficient (Wildman–Crippen LogP) is -4.01. The number of ketones is 1. The molecule has 0 bridgehead atoms. The van der Waals surface area contributed by atoms with Gasteiger partial charge in [0.25, 0.3) is 0 Å². The van der Waals surface area contributed by atoms with Gasteiger partial charge in [0.05, 0.1) is 55.9 Å². The Morgan fingerprint density at radius 2 is 1.53 bits per heavy atom. The highest BCUT2D eigenvalue weighted by Crippen LogP contribution is 2.31. The van der Waals surface area contributed by atoms with Gasteiger partial charge in [0.2, 0.25) is 52.9 Å². The van der Waals surface area contributed by atoms with Gasteiger partial charge < -0.3 is 79.2 Å². The van der Waals surface area contributed by atoms with Crippen molar-refractivity contribution in [3.05, 3.63) is 23.9 Å². The van der Waals surface area contributed by atoms with Gasteiger partial charge in [-0.3, -0.25) is 43.3 Å². The first-order chi connectivity index (χ1) is 31.6. The number of aliphatic hydroxyl groups excluding tert-OH is 3. The van der Waals surface area contributed by atoms with Crippen LogP contribution in [0.25, 0.3) is 0 Å². The number of allylic oxidation sites excluding steroid dienone is 1. The largest absolute Gasteiger partial charge is 0.444 e. The van der Waals surface area contributed by atoms with Gasteiger partial charge in [0, 0.05) is 31.0 Å². The van der Waals surface area contributed by atoms with Gasteiger partial charge in [-0.05, 0) is 39.5 Å². The average Bonchev–Trinajstić information content (AvgIpc) is 3.67. The zero-order valence-corrected chi connectivity index (χ0v) is 40.9. The molecule has 0 aliphatic carbocycles. The van der Waals surface area contributed by atoms with E-state index < -0.39 is 159 Å². The number of aliphatic hydroxyl groups is 3. The minimum absolute atomic E-state index is 0.269. The highest BCUT2D eigenvalue weighted by atomic mass is 32.2. The number of hydrogen-bond acceptors (Lipinski definition) is 18. The Morgan fingerprint density at radius 1 is 0.897 bits per heavy atom. The van der Waals surface area contributed by atoms with Crippen LogP contribution in [-0.4, -0.2) is 173 Å². The number of nitrogens with two attached hydrogens (primary N) is 3. The molecule has 0 spiro atoms. The van der Waals surface area contributed by atoms with E-state index in [1.807, 2.05) is 6.92 Å². The SMILES string of the molecule is C=C(CC)NC(=C)SCC(NC(=O)CNC(=O)[C@@H](NC(=O)CN)[C@@H](C)CC)C(=O)N[C@@H](CC(N)=O)C(=O)C(CNC(=O)OC(C)(C)C)(OC)N1C[C@H](O)C[C@H]1C(=O)N[C@H](C(N)=O)[C@@H](C)[C@@H](O)CO. The molecule has 0 saturated carbocycles. The van der Waals surface area contributed by atoms with E-state index in [2.05, 4.69) is 50.4 Å². The van der Waals surface area contributed by atoms with Gasteiger partial charge in [0.1, 0.15) is 29.8 Å². The monoisotopic (exact) mass is 988 g/mol. The topological polar surface area (TPSA) is 398 Å². The molecule has 1 aliphatic heterocycles. The normalized spacial score (nSPS) is 18.9. The molecule has 26 heteroatoms. The van der Waals surface area contributed by atoms with Gasteiger partial charge in [-0.1, -0.05) is 47.3 Å². The van der Waals surface area contributed by atoms with Gasteiger partial charge in [-0.2, -0.15) is 0 Å². The van der Waals surface area contributed by atoms with Crippen molar-refractivity contribution in [1.29, 1.82) is 0 Å². The zero-order chi connectivity index (χ0) is 52.3. The first-order valence-corrected chi connectivity index (χ1v) is 22.9. The molecule has 1 rings (SSSR count). The van der Waals surface area contributed by atoms with Crippen molar-refractivity contribution in [1.82, 2.24) is 42.1 Å². The molecule has 8 amide bonds. The molecule has 1 fully saturated rings.